The van der Waals surface area contributed by atoms with Gasteiger partial charge >= 0.3 is 0 Å². The number of hydrogen-bond donors (Lipinski definition) is 1. The van der Waals surface area contributed by atoms with Crippen molar-refractivity contribution < 1.29 is 13.9 Å². The van der Waals surface area contributed by atoms with Gasteiger partial charge in [-0.3, -0.25) is 4.79 Å². The molecule has 3 aromatic rings. The van der Waals surface area contributed by atoms with Crippen LogP contribution in [0.5, 0.6) is 5.75 Å². The molecule has 3 rings (SSSR count). The Morgan fingerprint density at radius 1 is 1.21 bits per heavy atom. The van der Waals surface area contributed by atoms with E-state index < -0.39 is 0 Å². The van der Waals surface area contributed by atoms with E-state index in [9.17, 15) is 4.79 Å². The second kappa shape index (κ2) is 6.69. The molecule has 1 amide bonds. The van der Waals surface area contributed by atoms with Gasteiger partial charge in [0.15, 0.2) is 5.76 Å². The van der Waals surface area contributed by atoms with Crippen molar-refractivity contribution in [3.63, 3.8) is 0 Å². The van der Waals surface area contributed by atoms with E-state index >= 15 is 0 Å². The number of methoxy groups -OCH3 is 1. The molecule has 1 atom stereocenters. The molecule has 24 heavy (non-hydrogen) atoms. The van der Waals surface area contributed by atoms with E-state index in [4.69, 9.17) is 9.15 Å². The van der Waals surface area contributed by atoms with Crippen molar-refractivity contribution >= 4 is 32.8 Å². The molecular weight excluding hydrogens is 370 g/mol. The third-order valence-corrected chi connectivity index (χ3v) is 4.60. The minimum Gasteiger partial charge on any atom is -0.497 e. The highest BCUT2D eigenvalue weighted by Crippen LogP contribution is 2.29. The maximum atomic E-state index is 12.6. The van der Waals surface area contributed by atoms with Crippen LogP contribution >= 0.6 is 15.9 Å². The van der Waals surface area contributed by atoms with Crippen molar-refractivity contribution in [2.75, 3.05) is 7.11 Å². The molecule has 1 N–H and O–H groups in total. The second-order valence-electron chi connectivity index (χ2n) is 5.66. The number of amides is 1. The lowest BCUT2D eigenvalue weighted by Crippen LogP contribution is -2.26. The van der Waals surface area contributed by atoms with Crippen LogP contribution in [0.25, 0.3) is 11.0 Å². The van der Waals surface area contributed by atoms with Crippen molar-refractivity contribution in [2.24, 2.45) is 0 Å². The molecule has 0 fully saturated rings. The predicted octanol–water partition coefficient (Wildman–Crippen LogP) is 5.00. The van der Waals surface area contributed by atoms with Crippen molar-refractivity contribution in [3.8, 4) is 5.75 Å². The van der Waals surface area contributed by atoms with E-state index in [1.54, 1.807) is 7.11 Å². The summed E-state index contributed by atoms with van der Waals surface area (Å²) in [4.78, 5) is 12.6. The van der Waals surface area contributed by atoms with Crippen molar-refractivity contribution in [1.82, 2.24) is 5.32 Å². The lowest BCUT2D eigenvalue weighted by atomic mass is 10.1. The zero-order valence-corrected chi connectivity index (χ0v) is 15.3. The SMILES string of the molecule is COc1ccc2oc(C(=O)NC(C)c3ccc(Br)cc3)c(C)c2c1. The summed E-state index contributed by atoms with van der Waals surface area (Å²) >= 11 is 3.41. The Morgan fingerprint density at radius 3 is 2.58 bits per heavy atom. The number of ether oxygens (including phenoxy) is 1. The molecule has 0 aliphatic carbocycles. The standard InChI is InChI=1S/C19H18BrNO3/c1-11-16-10-15(23-3)8-9-17(16)24-18(11)19(22)21-12(2)13-4-6-14(20)7-5-13/h4-10,12H,1-3H3,(H,21,22). The van der Waals surface area contributed by atoms with Gasteiger partial charge in [0.25, 0.3) is 5.91 Å². The fourth-order valence-electron chi connectivity index (χ4n) is 2.64. The Kier molecular flexibility index (Phi) is 4.62. The Bertz CT molecular complexity index is 884. The first-order valence-electron chi connectivity index (χ1n) is 7.63. The summed E-state index contributed by atoms with van der Waals surface area (Å²) in [7, 11) is 1.62. The minimum absolute atomic E-state index is 0.118. The molecule has 5 heteroatoms. The predicted molar refractivity (Wildman–Crippen MR) is 97.5 cm³/mol. The van der Waals surface area contributed by atoms with Gasteiger partial charge in [0, 0.05) is 15.4 Å². The van der Waals surface area contributed by atoms with Gasteiger partial charge in [-0.25, -0.2) is 0 Å². The Balaban J connectivity index is 1.85. The maximum absolute atomic E-state index is 12.6. The van der Waals surface area contributed by atoms with Gasteiger partial charge in [-0.05, 0) is 49.7 Å². The van der Waals surface area contributed by atoms with Crippen LogP contribution in [0.15, 0.2) is 51.4 Å². The van der Waals surface area contributed by atoms with Crippen LogP contribution in [-0.2, 0) is 0 Å². The molecule has 0 bridgehead atoms. The third-order valence-electron chi connectivity index (χ3n) is 4.07. The van der Waals surface area contributed by atoms with Gasteiger partial charge in [0.2, 0.25) is 0 Å². The molecule has 0 saturated heterocycles. The number of halogens is 1. The number of aryl methyl sites for hydroxylation is 1. The second-order valence-corrected chi connectivity index (χ2v) is 6.58. The summed E-state index contributed by atoms with van der Waals surface area (Å²) in [5.74, 6) is 0.849. The molecular formula is C19H18BrNO3. The molecule has 0 aliphatic rings. The number of hydrogen-bond acceptors (Lipinski definition) is 3. The van der Waals surface area contributed by atoms with Crippen molar-refractivity contribution in [2.45, 2.75) is 19.9 Å². The molecule has 0 saturated carbocycles. The van der Waals surface area contributed by atoms with Crippen molar-refractivity contribution in [3.05, 3.63) is 63.8 Å². The van der Waals surface area contributed by atoms with E-state index in [0.29, 0.717) is 11.3 Å². The average molecular weight is 388 g/mol. The van der Waals surface area contributed by atoms with Gasteiger partial charge in [-0.2, -0.15) is 0 Å². The minimum atomic E-state index is -0.224. The Morgan fingerprint density at radius 2 is 1.92 bits per heavy atom. The zero-order valence-electron chi connectivity index (χ0n) is 13.7. The van der Waals surface area contributed by atoms with Crippen LogP contribution in [0.1, 0.15) is 34.6 Å². The summed E-state index contributed by atoms with van der Waals surface area (Å²) in [5.41, 5.74) is 2.51. The molecule has 0 spiro atoms. The molecule has 0 aliphatic heterocycles. The summed E-state index contributed by atoms with van der Waals surface area (Å²) in [5, 5.41) is 3.87. The van der Waals surface area contributed by atoms with Crippen molar-refractivity contribution in [1.29, 1.82) is 0 Å². The quantitative estimate of drug-likeness (QED) is 0.684. The van der Waals surface area contributed by atoms with Crippen LogP contribution in [0.3, 0.4) is 0 Å². The van der Waals surface area contributed by atoms with E-state index in [1.807, 2.05) is 56.3 Å². The van der Waals surface area contributed by atoms with Crippen LogP contribution in [-0.4, -0.2) is 13.0 Å². The van der Waals surface area contributed by atoms with Gasteiger partial charge in [-0.1, -0.05) is 28.1 Å². The molecule has 2 aromatic carbocycles. The van der Waals surface area contributed by atoms with Crippen LogP contribution in [0.4, 0.5) is 0 Å². The van der Waals surface area contributed by atoms with Crippen LogP contribution in [0, 0.1) is 6.92 Å². The maximum Gasteiger partial charge on any atom is 0.287 e. The lowest BCUT2D eigenvalue weighted by molar-refractivity contribution is 0.0913. The molecule has 1 heterocycles. The zero-order chi connectivity index (χ0) is 17.3. The van der Waals surface area contributed by atoms with Crippen LogP contribution < -0.4 is 10.1 Å². The van der Waals surface area contributed by atoms with E-state index in [1.165, 1.54) is 0 Å². The number of furan rings is 1. The fraction of sp³-hybridized carbons (Fsp3) is 0.211. The Hall–Kier alpha value is -2.27. The lowest BCUT2D eigenvalue weighted by Gasteiger charge is -2.13. The molecule has 0 radical (unpaired) electrons. The molecule has 124 valence electrons. The molecule has 1 unspecified atom stereocenters. The molecule has 4 nitrogen and oxygen atoms in total. The fourth-order valence-corrected chi connectivity index (χ4v) is 2.90. The highest BCUT2D eigenvalue weighted by molar-refractivity contribution is 9.10. The largest absolute Gasteiger partial charge is 0.497 e. The summed E-state index contributed by atoms with van der Waals surface area (Å²) < 4.78 is 12.0. The highest BCUT2D eigenvalue weighted by atomic mass is 79.9. The first kappa shape index (κ1) is 16.6. The number of rotatable bonds is 4. The summed E-state index contributed by atoms with van der Waals surface area (Å²) in [6.07, 6.45) is 0. The number of benzene rings is 2. The van der Waals surface area contributed by atoms with E-state index in [0.717, 1.165) is 26.7 Å². The summed E-state index contributed by atoms with van der Waals surface area (Å²) in [6, 6.07) is 13.3. The monoisotopic (exact) mass is 387 g/mol. The van der Waals surface area contributed by atoms with Gasteiger partial charge in [-0.15, -0.1) is 0 Å². The van der Waals surface area contributed by atoms with E-state index in [2.05, 4.69) is 21.2 Å². The first-order valence-corrected chi connectivity index (χ1v) is 8.42. The molecule has 1 aromatic heterocycles. The number of nitrogens with one attached hydrogen (secondary N) is 1. The number of carbonyl (C=O) groups excluding carboxylic acids is 1. The topological polar surface area (TPSA) is 51.5 Å². The van der Waals surface area contributed by atoms with Gasteiger partial charge in [0.05, 0.1) is 13.2 Å². The highest BCUT2D eigenvalue weighted by Gasteiger charge is 2.20. The number of carbonyl (C=O) groups is 1. The van der Waals surface area contributed by atoms with Crippen LogP contribution in [0.2, 0.25) is 0 Å². The third kappa shape index (κ3) is 3.17. The smallest absolute Gasteiger partial charge is 0.287 e. The number of fused-ring (bicyclic) bond motifs is 1. The Labute approximate surface area is 148 Å². The normalized spacial score (nSPS) is 12.2. The van der Waals surface area contributed by atoms with E-state index in [-0.39, 0.29) is 11.9 Å². The first-order chi connectivity index (χ1) is 11.5. The van der Waals surface area contributed by atoms with Gasteiger partial charge in [0.1, 0.15) is 11.3 Å². The summed E-state index contributed by atoms with van der Waals surface area (Å²) in [6.45, 7) is 3.83. The average Bonchev–Trinajstić information content (AvgIpc) is 2.91. The van der Waals surface area contributed by atoms with Gasteiger partial charge < -0.3 is 14.5 Å².